The summed E-state index contributed by atoms with van der Waals surface area (Å²) in [6.07, 6.45) is 0. The van der Waals surface area contributed by atoms with Crippen molar-refractivity contribution in [2.75, 3.05) is 13.6 Å². The molecule has 78 valence electrons. The van der Waals surface area contributed by atoms with Crippen molar-refractivity contribution in [1.82, 2.24) is 5.32 Å². The molecule has 2 heteroatoms. The molecule has 0 radical (unpaired) electrons. The zero-order valence-electron chi connectivity index (χ0n) is 9.05. The quantitative estimate of drug-likeness (QED) is 0.870. The average Bonchev–Trinajstić information content (AvgIpc) is 2.15. The Kier molecular flexibility index (Phi) is 4.63. The average molecular weight is 256 g/mol. The molecule has 1 rings (SSSR count). The van der Waals surface area contributed by atoms with Gasteiger partial charge in [0, 0.05) is 11.0 Å². The highest BCUT2D eigenvalue weighted by Crippen LogP contribution is 2.24. The van der Waals surface area contributed by atoms with Crippen LogP contribution >= 0.6 is 15.9 Å². The molecule has 0 saturated carbocycles. The largest absolute Gasteiger partial charge is 0.319 e. The predicted molar refractivity (Wildman–Crippen MR) is 65.6 cm³/mol. The molecule has 1 atom stereocenters. The molecule has 1 N–H and O–H groups in total. The van der Waals surface area contributed by atoms with Gasteiger partial charge in [0.1, 0.15) is 0 Å². The van der Waals surface area contributed by atoms with Crippen LogP contribution in [0.2, 0.25) is 0 Å². The van der Waals surface area contributed by atoms with E-state index in [4.69, 9.17) is 0 Å². The molecule has 14 heavy (non-hydrogen) atoms. The Balaban J connectivity index is 2.82. The Morgan fingerprint density at radius 1 is 1.21 bits per heavy atom. The summed E-state index contributed by atoms with van der Waals surface area (Å²) < 4.78 is 1.15. The molecule has 0 amide bonds. The van der Waals surface area contributed by atoms with E-state index in [-0.39, 0.29) is 0 Å². The monoisotopic (exact) mass is 255 g/mol. The first-order valence-electron chi connectivity index (χ1n) is 5.05. The van der Waals surface area contributed by atoms with E-state index in [9.17, 15) is 0 Å². The number of rotatable bonds is 4. The van der Waals surface area contributed by atoms with Crippen molar-refractivity contribution in [3.8, 4) is 0 Å². The molecular weight excluding hydrogens is 238 g/mol. The van der Waals surface area contributed by atoms with Crippen LogP contribution in [0.4, 0.5) is 0 Å². The van der Waals surface area contributed by atoms with Gasteiger partial charge in [-0.05, 0) is 36.6 Å². The Labute approximate surface area is 95.0 Å². The number of benzene rings is 1. The maximum Gasteiger partial charge on any atom is 0.0175 e. The lowest BCUT2D eigenvalue weighted by molar-refractivity contribution is 0.478. The highest BCUT2D eigenvalue weighted by atomic mass is 79.9. The Hall–Kier alpha value is -0.340. The van der Waals surface area contributed by atoms with Crippen LogP contribution in [0.25, 0.3) is 0 Å². The first-order chi connectivity index (χ1) is 6.65. The molecule has 0 aliphatic heterocycles. The smallest absolute Gasteiger partial charge is 0.0175 e. The van der Waals surface area contributed by atoms with Crippen molar-refractivity contribution in [2.45, 2.75) is 19.8 Å². The van der Waals surface area contributed by atoms with Gasteiger partial charge in [-0.3, -0.25) is 0 Å². The van der Waals surface area contributed by atoms with Crippen molar-refractivity contribution in [3.63, 3.8) is 0 Å². The van der Waals surface area contributed by atoms with Crippen LogP contribution in [-0.2, 0) is 0 Å². The second-order valence-corrected chi connectivity index (χ2v) is 4.88. The van der Waals surface area contributed by atoms with Crippen LogP contribution in [0.15, 0.2) is 28.7 Å². The third-order valence-corrected chi connectivity index (χ3v) is 3.06. The Morgan fingerprint density at radius 3 is 2.21 bits per heavy atom. The van der Waals surface area contributed by atoms with Crippen LogP contribution < -0.4 is 5.32 Å². The first-order valence-corrected chi connectivity index (χ1v) is 5.84. The van der Waals surface area contributed by atoms with E-state index >= 15 is 0 Å². The second-order valence-electron chi connectivity index (χ2n) is 3.96. The fourth-order valence-electron chi connectivity index (χ4n) is 1.67. The fraction of sp³-hybridized carbons (Fsp3) is 0.500. The molecule has 0 aliphatic rings. The van der Waals surface area contributed by atoms with Crippen molar-refractivity contribution < 1.29 is 0 Å². The van der Waals surface area contributed by atoms with Crippen molar-refractivity contribution >= 4 is 15.9 Å². The molecule has 1 aromatic carbocycles. The highest BCUT2D eigenvalue weighted by molar-refractivity contribution is 9.10. The van der Waals surface area contributed by atoms with E-state index in [1.807, 2.05) is 7.05 Å². The van der Waals surface area contributed by atoms with E-state index in [2.05, 4.69) is 59.4 Å². The SMILES string of the molecule is CNC[C@@H](c1ccc(Br)cc1)C(C)C. The van der Waals surface area contributed by atoms with Gasteiger partial charge in [-0.15, -0.1) is 0 Å². The topological polar surface area (TPSA) is 12.0 Å². The Bertz CT molecular complexity index is 266. The van der Waals surface area contributed by atoms with Gasteiger partial charge in [0.2, 0.25) is 0 Å². The number of hydrogen-bond acceptors (Lipinski definition) is 1. The van der Waals surface area contributed by atoms with Crippen molar-refractivity contribution in [3.05, 3.63) is 34.3 Å². The number of hydrogen-bond donors (Lipinski definition) is 1. The maximum absolute atomic E-state index is 3.45. The van der Waals surface area contributed by atoms with E-state index in [1.165, 1.54) is 5.56 Å². The molecule has 1 aromatic rings. The van der Waals surface area contributed by atoms with Crippen LogP contribution in [0.3, 0.4) is 0 Å². The normalized spacial score (nSPS) is 13.2. The van der Waals surface area contributed by atoms with Crippen molar-refractivity contribution in [1.29, 1.82) is 0 Å². The van der Waals surface area contributed by atoms with Gasteiger partial charge < -0.3 is 5.32 Å². The maximum atomic E-state index is 3.45. The lowest BCUT2D eigenvalue weighted by atomic mass is 9.88. The number of halogens is 1. The summed E-state index contributed by atoms with van der Waals surface area (Å²) in [5, 5.41) is 3.25. The molecule has 0 bridgehead atoms. The molecule has 0 heterocycles. The van der Waals surface area contributed by atoms with Gasteiger partial charge in [0.15, 0.2) is 0 Å². The van der Waals surface area contributed by atoms with Gasteiger partial charge >= 0.3 is 0 Å². The van der Waals surface area contributed by atoms with Crippen molar-refractivity contribution in [2.24, 2.45) is 5.92 Å². The molecule has 0 aromatic heterocycles. The summed E-state index contributed by atoms with van der Waals surface area (Å²) in [7, 11) is 2.01. The lowest BCUT2D eigenvalue weighted by Gasteiger charge is -2.20. The van der Waals surface area contributed by atoms with Gasteiger partial charge in [0.25, 0.3) is 0 Å². The van der Waals surface area contributed by atoms with Crippen LogP contribution in [0.1, 0.15) is 25.3 Å². The minimum Gasteiger partial charge on any atom is -0.319 e. The Morgan fingerprint density at radius 2 is 1.79 bits per heavy atom. The number of likely N-dealkylation sites (N-methyl/N-ethyl adjacent to an activating group) is 1. The molecule has 0 fully saturated rings. The molecule has 0 spiro atoms. The lowest BCUT2D eigenvalue weighted by Crippen LogP contribution is -2.21. The van der Waals surface area contributed by atoms with Crippen LogP contribution in [0.5, 0.6) is 0 Å². The van der Waals surface area contributed by atoms with Gasteiger partial charge in [-0.1, -0.05) is 41.9 Å². The third-order valence-electron chi connectivity index (χ3n) is 2.53. The first kappa shape index (κ1) is 11.7. The van der Waals surface area contributed by atoms with Crippen LogP contribution in [-0.4, -0.2) is 13.6 Å². The zero-order chi connectivity index (χ0) is 10.6. The zero-order valence-corrected chi connectivity index (χ0v) is 10.6. The summed E-state index contributed by atoms with van der Waals surface area (Å²) >= 11 is 3.45. The minimum atomic E-state index is 0.605. The third kappa shape index (κ3) is 3.10. The molecule has 1 nitrogen and oxygen atoms in total. The van der Waals surface area contributed by atoms with Gasteiger partial charge in [0.05, 0.1) is 0 Å². The molecule has 0 aliphatic carbocycles. The van der Waals surface area contributed by atoms with E-state index in [0.29, 0.717) is 11.8 Å². The van der Waals surface area contributed by atoms with E-state index in [0.717, 1.165) is 11.0 Å². The predicted octanol–water partition coefficient (Wildman–Crippen LogP) is 3.41. The summed E-state index contributed by atoms with van der Waals surface area (Å²) in [4.78, 5) is 0. The summed E-state index contributed by atoms with van der Waals surface area (Å²) in [5.41, 5.74) is 1.41. The summed E-state index contributed by atoms with van der Waals surface area (Å²) in [6, 6.07) is 8.62. The second kappa shape index (κ2) is 5.52. The summed E-state index contributed by atoms with van der Waals surface area (Å²) in [6.45, 7) is 5.58. The van der Waals surface area contributed by atoms with Gasteiger partial charge in [-0.25, -0.2) is 0 Å². The van der Waals surface area contributed by atoms with E-state index < -0.39 is 0 Å². The van der Waals surface area contributed by atoms with Crippen LogP contribution in [0, 0.1) is 5.92 Å². The fourth-order valence-corrected chi connectivity index (χ4v) is 1.93. The standard InChI is InChI=1S/C12H18BrN/c1-9(2)12(8-14-3)10-4-6-11(13)7-5-10/h4-7,9,12,14H,8H2,1-3H3/t12-/m1/s1. The molecular formula is C12H18BrN. The highest BCUT2D eigenvalue weighted by Gasteiger charge is 2.14. The minimum absolute atomic E-state index is 0.605. The molecule has 0 saturated heterocycles. The van der Waals surface area contributed by atoms with E-state index in [1.54, 1.807) is 0 Å². The summed E-state index contributed by atoms with van der Waals surface area (Å²) in [5.74, 6) is 1.27. The van der Waals surface area contributed by atoms with Gasteiger partial charge in [-0.2, -0.15) is 0 Å². The number of nitrogens with one attached hydrogen (secondary N) is 1. The molecule has 0 unspecified atom stereocenters.